The lowest BCUT2D eigenvalue weighted by atomic mass is 10.2. The zero-order valence-corrected chi connectivity index (χ0v) is 24.9. The lowest BCUT2D eigenvalue weighted by Crippen LogP contribution is -2.43. The third-order valence-corrected chi connectivity index (χ3v) is 7.96. The third-order valence-electron chi connectivity index (χ3n) is 6.02. The van der Waals surface area contributed by atoms with Crippen LogP contribution in [0.4, 0.5) is 0 Å². The molecule has 3 aromatic rings. The quantitative estimate of drug-likeness (QED) is 0.296. The van der Waals surface area contributed by atoms with Crippen molar-refractivity contribution in [3.05, 3.63) is 60.0 Å². The minimum absolute atomic E-state index is 0.164. The number of carbonyl (C=O) groups is 1. The van der Waals surface area contributed by atoms with Crippen LogP contribution < -0.4 is 15.0 Å². The van der Waals surface area contributed by atoms with Gasteiger partial charge in [0.2, 0.25) is 0 Å². The summed E-state index contributed by atoms with van der Waals surface area (Å²) in [7, 11) is 1.48. The molecule has 202 valence electrons. The standard InChI is InChI=1S/C26H27Br2ClN4O5/c1-3-4-5-21-31-19-7-6-17(27)13-18(19)26(35)33(21)30-14-16-12-20(36-2)25(24(29)23(16)28)38-15-22(34)32-8-10-37-11-9-32/h6-7,12-14H,3-5,8-11,15H2,1-2H3. The van der Waals surface area contributed by atoms with Gasteiger partial charge in [-0.15, -0.1) is 0 Å². The topological polar surface area (TPSA) is 95.2 Å². The number of fused-ring (bicyclic) bond motifs is 1. The summed E-state index contributed by atoms with van der Waals surface area (Å²) in [5.41, 5.74) is 0.908. The van der Waals surface area contributed by atoms with Crippen molar-refractivity contribution >= 4 is 66.5 Å². The van der Waals surface area contributed by atoms with Crippen LogP contribution in [0.15, 0.2) is 43.1 Å². The summed E-state index contributed by atoms with van der Waals surface area (Å²) in [5, 5.41) is 5.18. The molecule has 0 atom stereocenters. The fourth-order valence-electron chi connectivity index (χ4n) is 3.95. The van der Waals surface area contributed by atoms with Crippen LogP contribution in [0.5, 0.6) is 11.5 Å². The molecule has 2 heterocycles. The number of amides is 1. The van der Waals surface area contributed by atoms with E-state index in [1.807, 2.05) is 12.1 Å². The van der Waals surface area contributed by atoms with Crippen LogP contribution in [0, 0.1) is 0 Å². The first-order valence-electron chi connectivity index (χ1n) is 12.1. The number of carbonyl (C=O) groups excluding carboxylic acids is 1. The molecule has 1 aliphatic heterocycles. The van der Waals surface area contributed by atoms with Gasteiger partial charge in [0.05, 0.1) is 37.4 Å². The van der Waals surface area contributed by atoms with E-state index in [4.69, 9.17) is 30.8 Å². The van der Waals surface area contributed by atoms with Crippen molar-refractivity contribution in [2.75, 3.05) is 40.0 Å². The Bertz CT molecular complexity index is 1420. The SMILES string of the molecule is CCCCc1nc2ccc(Br)cc2c(=O)n1N=Cc1cc(OC)c(OCC(=O)N2CCOCC2)c(Cl)c1Br. The van der Waals surface area contributed by atoms with Crippen LogP contribution in [0.2, 0.25) is 5.02 Å². The van der Waals surface area contributed by atoms with Crippen LogP contribution in [0.3, 0.4) is 0 Å². The lowest BCUT2D eigenvalue weighted by molar-refractivity contribution is -0.137. The second kappa shape index (κ2) is 13.1. The largest absolute Gasteiger partial charge is 0.493 e. The molecule has 0 N–H and O–H groups in total. The van der Waals surface area contributed by atoms with Gasteiger partial charge in [-0.3, -0.25) is 9.59 Å². The number of benzene rings is 2. The summed E-state index contributed by atoms with van der Waals surface area (Å²) in [5.74, 6) is 0.965. The smallest absolute Gasteiger partial charge is 0.282 e. The molecule has 1 aromatic heterocycles. The average Bonchev–Trinajstić information content (AvgIpc) is 2.93. The van der Waals surface area contributed by atoms with E-state index < -0.39 is 0 Å². The maximum atomic E-state index is 13.4. The Morgan fingerprint density at radius 2 is 2.03 bits per heavy atom. The molecule has 9 nitrogen and oxygen atoms in total. The van der Waals surface area contributed by atoms with Crippen LogP contribution in [0.1, 0.15) is 31.2 Å². The van der Waals surface area contributed by atoms with Gasteiger partial charge in [-0.25, -0.2) is 4.98 Å². The fraction of sp³-hybridized carbons (Fsp3) is 0.385. The van der Waals surface area contributed by atoms with Crippen LogP contribution in [-0.2, 0) is 16.0 Å². The van der Waals surface area contributed by atoms with Crippen molar-refractivity contribution in [1.82, 2.24) is 14.6 Å². The number of halogens is 3. The van der Waals surface area contributed by atoms with E-state index >= 15 is 0 Å². The van der Waals surface area contributed by atoms with Crippen LogP contribution in [0.25, 0.3) is 10.9 Å². The van der Waals surface area contributed by atoms with E-state index in [1.165, 1.54) is 18.0 Å². The van der Waals surface area contributed by atoms with Crippen molar-refractivity contribution in [2.45, 2.75) is 26.2 Å². The van der Waals surface area contributed by atoms with E-state index in [-0.39, 0.29) is 28.8 Å². The van der Waals surface area contributed by atoms with Gasteiger partial charge in [-0.2, -0.15) is 9.78 Å². The minimum Gasteiger partial charge on any atom is -0.493 e. The molecule has 0 aliphatic carbocycles. The van der Waals surface area contributed by atoms with Gasteiger partial charge in [0.1, 0.15) is 10.8 Å². The van der Waals surface area contributed by atoms with Crippen molar-refractivity contribution < 1.29 is 19.0 Å². The number of unbranched alkanes of at least 4 members (excludes halogenated alkanes) is 1. The molecule has 0 unspecified atom stereocenters. The molecular formula is C26H27Br2ClN4O5. The Morgan fingerprint density at radius 1 is 1.26 bits per heavy atom. The van der Waals surface area contributed by atoms with Crippen molar-refractivity contribution in [2.24, 2.45) is 5.10 Å². The fourth-order valence-corrected chi connectivity index (χ4v) is 4.97. The number of nitrogens with zero attached hydrogens (tertiary/aromatic N) is 4. The highest BCUT2D eigenvalue weighted by Gasteiger charge is 2.21. The predicted molar refractivity (Wildman–Crippen MR) is 154 cm³/mol. The van der Waals surface area contributed by atoms with Gasteiger partial charge in [0.25, 0.3) is 11.5 Å². The summed E-state index contributed by atoms with van der Waals surface area (Å²) in [6.45, 7) is 3.93. The Labute approximate surface area is 242 Å². The van der Waals surface area contributed by atoms with E-state index in [2.05, 4.69) is 43.9 Å². The molecule has 2 aromatic carbocycles. The second-order valence-corrected chi connectivity index (χ2v) is 10.6. The molecule has 1 saturated heterocycles. The Morgan fingerprint density at radius 3 is 2.74 bits per heavy atom. The molecule has 1 fully saturated rings. The highest BCUT2D eigenvalue weighted by molar-refractivity contribution is 9.10. The first kappa shape index (κ1) is 28.5. The van der Waals surface area contributed by atoms with Crippen molar-refractivity contribution in [3.8, 4) is 11.5 Å². The Hall–Kier alpha value is -2.47. The molecular weight excluding hydrogens is 644 g/mol. The normalized spacial score (nSPS) is 13.9. The first-order chi connectivity index (χ1) is 18.3. The molecule has 1 amide bonds. The van der Waals surface area contributed by atoms with Gasteiger partial charge >= 0.3 is 0 Å². The number of hydrogen-bond acceptors (Lipinski definition) is 7. The summed E-state index contributed by atoms with van der Waals surface area (Å²) < 4.78 is 19.2. The zero-order chi connectivity index (χ0) is 27.2. The molecule has 0 radical (unpaired) electrons. The molecule has 0 saturated carbocycles. The number of morpholine rings is 1. The van der Waals surface area contributed by atoms with Crippen LogP contribution in [-0.4, -0.2) is 66.7 Å². The maximum absolute atomic E-state index is 13.4. The summed E-state index contributed by atoms with van der Waals surface area (Å²) in [6.07, 6.45) is 3.93. The Kier molecular flexibility index (Phi) is 9.80. The second-order valence-electron chi connectivity index (χ2n) is 8.56. The molecule has 38 heavy (non-hydrogen) atoms. The maximum Gasteiger partial charge on any atom is 0.282 e. The predicted octanol–water partition coefficient (Wildman–Crippen LogP) is 5.05. The van der Waals surface area contributed by atoms with E-state index in [9.17, 15) is 9.59 Å². The highest BCUT2D eigenvalue weighted by atomic mass is 79.9. The summed E-state index contributed by atoms with van der Waals surface area (Å²) in [6, 6.07) is 7.08. The number of hydrogen-bond donors (Lipinski definition) is 0. The van der Waals surface area contributed by atoms with E-state index in [1.54, 1.807) is 17.0 Å². The highest BCUT2D eigenvalue weighted by Crippen LogP contribution is 2.42. The lowest BCUT2D eigenvalue weighted by Gasteiger charge is -2.27. The van der Waals surface area contributed by atoms with Gasteiger partial charge in [-0.05, 0) is 46.6 Å². The van der Waals surface area contributed by atoms with E-state index in [0.29, 0.717) is 65.2 Å². The van der Waals surface area contributed by atoms with Crippen LogP contribution >= 0.6 is 43.5 Å². The Balaban J connectivity index is 1.66. The number of rotatable bonds is 9. The average molecular weight is 671 g/mol. The van der Waals surface area contributed by atoms with Gasteiger partial charge in [0, 0.05) is 34.0 Å². The van der Waals surface area contributed by atoms with Gasteiger partial charge < -0.3 is 19.1 Å². The molecule has 0 spiro atoms. The molecule has 12 heteroatoms. The molecule has 4 rings (SSSR count). The van der Waals surface area contributed by atoms with E-state index in [0.717, 1.165) is 17.3 Å². The summed E-state index contributed by atoms with van der Waals surface area (Å²) in [4.78, 5) is 32.3. The number of methoxy groups -OCH3 is 1. The van der Waals surface area contributed by atoms with Gasteiger partial charge in [0.15, 0.2) is 18.1 Å². The van der Waals surface area contributed by atoms with Gasteiger partial charge in [-0.1, -0.05) is 40.9 Å². The number of ether oxygens (including phenoxy) is 3. The molecule has 1 aliphatic rings. The van der Waals surface area contributed by atoms with Crippen molar-refractivity contribution in [3.63, 3.8) is 0 Å². The monoisotopic (exact) mass is 668 g/mol. The first-order valence-corrected chi connectivity index (χ1v) is 14.1. The molecule has 0 bridgehead atoms. The summed E-state index contributed by atoms with van der Waals surface area (Å²) >= 11 is 13.5. The third kappa shape index (κ3) is 6.39. The number of aromatic nitrogens is 2. The minimum atomic E-state index is -0.269. The van der Waals surface area contributed by atoms with Crippen molar-refractivity contribution in [1.29, 1.82) is 0 Å². The number of aryl methyl sites for hydroxylation is 1. The zero-order valence-electron chi connectivity index (χ0n) is 21.0.